The van der Waals surface area contributed by atoms with Gasteiger partial charge in [-0.3, -0.25) is 14.4 Å². The summed E-state index contributed by atoms with van der Waals surface area (Å²) >= 11 is 0. The zero-order valence-corrected chi connectivity index (χ0v) is 55.8. The lowest BCUT2D eigenvalue weighted by Crippen LogP contribution is -2.27. The van der Waals surface area contributed by atoms with Crippen molar-refractivity contribution in [3.63, 3.8) is 0 Å². The normalized spacial score (nSPS) is 10.7. The van der Waals surface area contributed by atoms with Gasteiger partial charge in [0.05, 0.1) is 81.1 Å². The third-order valence-electron chi connectivity index (χ3n) is 11.9. The van der Waals surface area contributed by atoms with Crippen LogP contribution in [0.2, 0.25) is 0 Å². The van der Waals surface area contributed by atoms with E-state index in [1.807, 2.05) is 0 Å². The molecule has 10 N–H and O–H groups in total. The van der Waals surface area contributed by atoms with Crippen molar-refractivity contribution in [2.75, 3.05) is 79.1 Å². The molecule has 8 aromatic rings. The van der Waals surface area contributed by atoms with Crippen LogP contribution >= 0.6 is 0 Å². The summed E-state index contributed by atoms with van der Waals surface area (Å²) in [6, 6.07) is 6.57. The number of benzene rings is 2. The highest BCUT2D eigenvalue weighted by Crippen LogP contribution is 2.37. The Morgan fingerprint density at radius 1 is 0.454 bits per heavy atom. The van der Waals surface area contributed by atoms with Crippen molar-refractivity contribution in [2.24, 2.45) is 0 Å². The van der Waals surface area contributed by atoms with Gasteiger partial charge in [-0.15, -0.1) is 0 Å². The molecule has 0 spiro atoms. The number of ether oxygens (including phenoxy) is 8. The molecule has 0 saturated carbocycles. The highest BCUT2D eigenvalue weighted by molar-refractivity contribution is 6.06. The zero-order chi connectivity index (χ0) is 72.1. The number of nitrogens with one attached hydrogen (secondary N) is 4. The van der Waals surface area contributed by atoms with Crippen molar-refractivity contribution in [3.05, 3.63) is 89.9 Å². The van der Waals surface area contributed by atoms with Gasteiger partial charge in [0.2, 0.25) is 11.8 Å². The summed E-state index contributed by atoms with van der Waals surface area (Å²) < 4.78 is 43.8. The van der Waals surface area contributed by atoms with Crippen LogP contribution in [0.5, 0.6) is 11.5 Å². The summed E-state index contributed by atoms with van der Waals surface area (Å²) in [5, 5.41) is 20.5. The number of ketones is 1. The fourth-order valence-electron chi connectivity index (χ4n) is 8.14. The van der Waals surface area contributed by atoms with Gasteiger partial charge >= 0.3 is 36.1 Å². The number of Topliss-reactive ketones (excluding diaryl/α,β-unsaturated/α-hetero) is 1. The van der Waals surface area contributed by atoms with Crippen molar-refractivity contribution in [1.82, 2.24) is 59.4 Å². The van der Waals surface area contributed by atoms with Crippen LogP contribution in [0.3, 0.4) is 0 Å². The number of carbonyl (C=O) groups excluding carboxylic acids is 9. The molecule has 8 rings (SSSR count). The van der Waals surface area contributed by atoms with Crippen LogP contribution in [0.1, 0.15) is 137 Å². The first-order chi connectivity index (χ1) is 45.8. The summed E-state index contributed by atoms with van der Waals surface area (Å²) in [5.41, 5.74) is 17.1. The van der Waals surface area contributed by atoms with Crippen LogP contribution < -0.4 is 47.9 Å². The fraction of sp³-hybridized carbons (Fsp3) is 0.361. The largest absolute Gasteiger partial charge is 0.494 e. The number of anilines is 9. The minimum Gasteiger partial charge on any atom is -0.494 e. The lowest BCUT2D eigenvalue weighted by atomic mass is 10.1. The van der Waals surface area contributed by atoms with E-state index in [2.05, 4.69) is 71.3 Å². The summed E-state index contributed by atoms with van der Waals surface area (Å²) in [4.78, 5) is 138. The third kappa shape index (κ3) is 20.9. The van der Waals surface area contributed by atoms with Gasteiger partial charge in [-0.05, 0) is 88.3 Å². The summed E-state index contributed by atoms with van der Waals surface area (Å²) in [7, 11) is 2.91. The molecule has 0 aliphatic rings. The Kier molecular flexibility index (Phi) is 26.5. The molecular weight excluding hydrogens is 1270 g/mol. The van der Waals surface area contributed by atoms with E-state index in [9.17, 15) is 43.2 Å². The van der Waals surface area contributed by atoms with Gasteiger partial charge in [0.15, 0.2) is 23.3 Å². The number of rotatable bonds is 18. The van der Waals surface area contributed by atoms with E-state index in [4.69, 9.17) is 55.1 Å². The maximum Gasteiger partial charge on any atom is 0.435 e. The number of fused-ring (bicyclic) bond motifs is 2. The van der Waals surface area contributed by atoms with Gasteiger partial charge in [0, 0.05) is 43.2 Å². The van der Waals surface area contributed by atoms with Crippen molar-refractivity contribution in [1.29, 1.82) is 0 Å². The molecule has 2 aromatic carbocycles. The summed E-state index contributed by atoms with van der Waals surface area (Å²) in [6.45, 7) is 22.0. The first-order valence-electron chi connectivity index (χ1n) is 29.3. The zero-order valence-electron chi connectivity index (χ0n) is 55.8. The second kappa shape index (κ2) is 34.1. The van der Waals surface area contributed by atoms with Crippen molar-refractivity contribution >= 4 is 128 Å². The molecular formula is C61H75N19O17. The van der Waals surface area contributed by atoms with E-state index < -0.39 is 59.1 Å². The number of nitrogen functional groups attached to an aromatic ring is 3. The van der Waals surface area contributed by atoms with Gasteiger partial charge < -0.3 is 76.4 Å². The Morgan fingerprint density at radius 2 is 0.784 bits per heavy atom. The molecule has 0 atom stereocenters. The highest BCUT2D eigenvalue weighted by Gasteiger charge is 2.28. The molecule has 36 heteroatoms. The molecule has 0 aliphatic heterocycles. The number of methoxy groups -OCH3 is 2. The predicted molar refractivity (Wildman–Crippen MR) is 351 cm³/mol. The SMILES string of the molecule is CCOC(=O)c1c(N)ncnc1CC(C)=O.CCOC(=O)c1c(N)ncnc1N.CCOC(=O)c1c(NC(C)=O)ncnc1Nc1cc2cnn(C(=O)OC(C)(C)C)c2cc1OC.CCOC(=O)c1c(NC(C)=O)ncnc1Nc1cc2cnn(C(=O)OC(C)(C)C)c2cc1OC. The molecule has 36 nitrogen and oxygen atoms in total. The van der Waals surface area contributed by atoms with Gasteiger partial charge in [-0.2, -0.15) is 19.6 Å². The molecule has 0 aliphatic carbocycles. The third-order valence-corrected chi connectivity index (χ3v) is 11.9. The van der Waals surface area contributed by atoms with Crippen molar-refractivity contribution < 1.29 is 81.0 Å². The number of carbonyl (C=O) groups is 9. The maximum absolute atomic E-state index is 12.6. The van der Waals surface area contributed by atoms with Gasteiger partial charge in [-0.25, -0.2) is 68.6 Å². The Labute approximate surface area is 554 Å². The number of esters is 4. The Bertz CT molecular complexity index is 4010. The number of hydrogen-bond acceptors (Lipinski definition) is 32. The van der Waals surface area contributed by atoms with Crippen molar-refractivity contribution in [2.45, 2.75) is 108 Å². The Hall–Kier alpha value is -12.3. The van der Waals surface area contributed by atoms with E-state index in [1.54, 1.807) is 93.5 Å². The number of nitrogens with zero attached hydrogens (tertiary/aromatic N) is 12. The maximum atomic E-state index is 12.6. The quantitative estimate of drug-likeness (QED) is 0.0330. The smallest absolute Gasteiger partial charge is 0.435 e. The molecule has 516 valence electrons. The van der Waals surface area contributed by atoms with E-state index in [0.29, 0.717) is 50.4 Å². The lowest BCUT2D eigenvalue weighted by molar-refractivity contribution is -0.116. The van der Waals surface area contributed by atoms with Gasteiger partial charge in [0.25, 0.3) is 0 Å². The molecule has 97 heavy (non-hydrogen) atoms. The topological polar surface area (TPSA) is 492 Å². The van der Waals surface area contributed by atoms with Crippen LogP contribution in [0, 0.1) is 0 Å². The number of hydrogen-bond donors (Lipinski definition) is 7. The average molecular weight is 1350 g/mol. The standard InChI is InChI=1S/2C22H26N6O6.C10H13N3O3.C7H10N4O2/c2*1-7-33-20(30)17-18(26-12(2)29)23-11-24-19(17)27-14-8-13-10-25-28(15(13)9-16(14)32-6)21(31)34-22(3,4)5;1-3-16-10(15)8-7(4-6(2)14)12-5-13-9(8)11;1-2-13-7(12)4-5(8)10-3-11-6(4)9/h2*8-11H,7H2,1-6H3,(H2,23,24,26,27,29);5H,3-4H2,1-2H3,(H2,11,12,13);3H,2H2,1H3,(H4,8,9,10,11). The summed E-state index contributed by atoms with van der Waals surface area (Å²) in [6.07, 6.45) is 6.57. The first-order valence-corrected chi connectivity index (χ1v) is 29.3. The average Bonchev–Trinajstić information content (AvgIpc) is 1.72. The molecule has 0 saturated heterocycles. The van der Waals surface area contributed by atoms with Gasteiger partial charge in [0.1, 0.15) is 93.5 Å². The lowest BCUT2D eigenvalue weighted by Gasteiger charge is -2.19. The molecule has 0 unspecified atom stereocenters. The minimum absolute atomic E-state index is 0.00115. The molecule has 0 bridgehead atoms. The van der Waals surface area contributed by atoms with E-state index >= 15 is 0 Å². The van der Waals surface area contributed by atoms with Crippen LogP contribution in [0.15, 0.2) is 62.0 Å². The Balaban J connectivity index is 0.000000252. The molecule has 6 heterocycles. The Morgan fingerprint density at radius 3 is 1.12 bits per heavy atom. The molecule has 0 fully saturated rings. The molecule has 6 aromatic heterocycles. The predicted octanol–water partition coefficient (Wildman–Crippen LogP) is 7.18. The minimum atomic E-state index is -0.716. The summed E-state index contributed by atoms with van der Waals surface area (Å²) in [5.74, 6) is -2.60. The second-order valence-electron chi connectivity index (χ2n) is 21.7. The number of aromatic nitrogens is 12. The second-order valence-corrected chi connectivity index (χ2v) is 21.7. The highest BCUT2D eigenvalue weighted by atomic mass is 16.6. The van der Waals surface area contributed by atoms with Crippen LogP contribution in [0.4, 0.5) is 61.7 Å². The number of amides is 2. The number of nitrogens with two attached hydrogens (primary N) is 3. The van der Waals surface area contributed by atoms with Crippen molar-refractivity contribution in [3.8, 4) is 11.5 Å². The van der Waals surface area contributed by atoms with Gasteiger partial charge in [-0.1, -0.05) is 0 Å². The monoisotopic (exact) mass is 1350 g/mol. The van der Waals surface area contributed by atoms with Crippen LogP contribution in [-0.2, 0) is 49.2 Å². The van der Waals surface area contributed by atoms with E-state index in [-0.39, 0.29) is 102 Å². The fourth-order valence-corrected chi connectivity index (χ4v) is 8.14. The molecule has 2 amide bonds. The van der Waals surface area contributed by atoms with Crippen LogP contribution in [0.25, 0.3) is 21.8 Å². The van der Waals surface area contributed by atoms with Crippen LogP contribution in [-0.4, -0.2) is 165 Å². The molecule has 0 radical (unpaired) electrons. The van der Waals surface area contributed by atoms with E-state index in [0.717, 1.165) is 9.36 Å². The van der Waals surface area contributed by atoms with E-state index in [1.165, 1.54) is 72.7 Å². The first kappa shape index (κ1) is 75.4.